The zero-order valence-electron chi connectivity index (χ0n) is 5.39. The molecule has 0 spiro atoms. The van der Waals surface area contributed by atoms with Crippen molar-refractivity contribution >= 4 is 11.7 Å². The number of nitrogens with zero attached hydrogens (tertiary/aromatic N) is 1. The predicted molar refractivity (Wildman–Crippen MR) is 40.0 cm³/mol. The summed E-state index contributed by atoms with van der Waals surface area (Å²) in [5.74, 6) is 1.57. The molecule has 1 aromatic heterocycles. The van der Waals surface area contributed by atoms with E-state index in [0.29, 0.717) is 12.5 Å². The number of fused-ring (bicyclic) bond motifs is 1. The lowest BCUT2D eigenvalue weighted by molar-refractivity contribution is 1.09. The van der Waals surface area contributed by atoms with Gasteiger partial charge in [-0.15, -0.1) is 0 Å². The van der Waals surface area contributed by atoms with Crippen molar-refractivity contribution in [2.75, 3.05) is 12.0 Å². The molecule has 2 rings (SSSR count). The van der Waals surface area contributed by atoms with Crippen molar-refractivity contribution in [3.8, 4) is 0 Å². The fraction of sp³-hybridized carbons (Fsp3) is 0.167. The highest BCUT2D eigenvalue weighted by Gasteiger charge is 2.09. The number of rotatable bonds is 0. The summed E-state index contributed by atoms with van der Waals surface area (Å²) in [4.78, 5) is 7.02. The molecule has 4 nitrogen and oxygen atoms in total. The molecule has 0 saturated heterocycles. The van der Waals surface area contributed by atoms with Crippen LogP contribution in [-0.4, -0.2) is 17.5 Å². The molecule has 2 heterocycles. The number of nitrogens with two attached hydrogens (primary N) is 1. The van der Waals surface area contributed by atoms with E-state index >= 15 is 0 Å². The van der Waals surface area contributed by atoms with Crippen LogP contribution in [0.15, 0.2) is 17.3 Å². The lowest BCUT2D eigenvalue weighted by atomic mass is 10.3. The molecule has 52 valence electrons. The summed E-state index contributed by atoms with van der Waals surface area (Å²) in [5.41, 5.74) is 6.54. The summed E-state index contributed by atoms with van der Waals surface area (Å²) in [6, 6.07) is 1.90. The van der Waals surface area contributed by atoms with E-state index in [1.54, 1.807) is 0 Å². The summed E-state index contributed by atoms with van der Waals surface area (Å²) >= 11 is 0. The lowest BCUT2D eigenvalue weighted by Gasteiger charge is -2.10. The summed E-state index contributed by atoms with van der Waals surface area (Å²) in [6.07, 6.45) is 1.84. The van der Waals surface area contributed by atoms with Gasteiger partial charge in [-0.3, -0.25) is 0 Å². The molecule has 0 amide bonds. The van der Waals surface area contributed by atoms with Gasteiger partial charge in [-0.05, 0) is 6.07 Å². The molecule has 0 radical (unpaired) electrons. The van der Waals surface area contributed by atoms with E-state index in [4.69, 9.17) is 5.73 Å². The third-order valence-electron chi connectivity index (χ3n) is 1.53. The van der Waals surface area contributed by atoms with Gasteiger partial charge in [0.2, 0.25) is 0 Å². The smallest absolute Gasteiger partial charge is 0.131 e. The lowest BCUT2D eigenvalue weighted by Crippen LogP contribution is -2.21. The second kappa shape index (κ2) is 1.76. The Morgan fingerprint density at radius 3 is 3.30 bits per heavy atom. The number of H-pyrrole nitrogens is 1. The van der Waals surface area contributed by atoms with E-state index in [9.17, 15) is 0 Å². The first kappa shape index (κ1) is 5.34. The van der Waals surface area contributed by atoms with Crippen molar-refractivity contribution in [2.45, 2.75) is 0 Å². The molecule has 0 bridgehead atoms. The van der Waals surface area contributed by atoms with Gasteiger partial charge in [0.15, 0.2) is 0 Å². The molecule has 1 aliphatic rings. The minimum absolute atomic E-state index is 0.569. The van der Waals surface area contributed by atoms with Gasteiger partial charge >= 0.3 is 0 Å². The Balaban J connectivity index is 2.55. The van der Waals surface area contributed by atoms with Crippen molar-refractivity contribution in [1.29, 1.82) is 0 Å². The Bertz CT molecular complexity index is 273. The first-order valence-electron chi connectivity index (χ1n) is 3.09. The van der Waals surface area contributed by atoms with Crippen LogP contribution in [0.2, 0.25) is 0 Å². The van der Waals surface area contributed by atoms with Crippen molar-refractivity contribution in [3.05, 3.63) is 17.8 Å². The first-order valence-corrected chi connectivity index (χ1v) is 3.09. The van der Waals surface area contributed by atoms with Gasteiger partial charge in [0.05, 0.1) is 5.56 Å². The molecular weight excluding hydrogens is 128 g/mol. The van der Waals surface area contributed by atoms with Crippen molar-refractivity contribution in [2.24, 2.45) is 10.7 Å². The molecular formula is C6H8N4. The molecule has 0 aliphatic carbocycles. The van der Waals surface area contributed by atoms with E-state index < -0.39 is 0 Å². The average Bonchev–Trinajstić information content (AvgIpc) is 2.36. The number of aliphatic imine (C=N–C) groups is 1. The van der Waals surface area contributed by atoms with Gasteiger partial charge in [0, 0.05) is 6.20 Å². The standard InChI is InChI=1S/C6H8N4/c7-5-4-1-2-8-6(4)10-3-9-5/h1-2,8,10H,3H2,(H2,7,9). The predicted octanol–water partition coefficient (Wildman–Crippen LogP) is 0.103. The van der Waals surface area contributed by atoms with Crippen LogP contribution in [0.5, 0.6) is 0 Å². The third kappa shape index (κ3) is 0.586. The highest BCUT2D eigenvalue weighted by molar-refractivity contribution is 6.02. The molecule has 1 aromatic rings. The van der Waals surface area contributed by atoms with Gasteiger partial charge in [0.1, 0.15) is 18.3 Å². The van der Waals surface area contributed by atoms with Crippen molar-refractivity contribution in [3.63, 3.8) is 0 Å². The molecule has 0 saturated carbocycles. The summed E-state index contributed by atoms with van der Waals surface area (Å²) < 4.78 is 0. The molecule has 1 aliphatic heterocycles. The molecule has 0 atom stereocenters. The van der Waals surface area contributed by atoms with Gasteiger partial charge < -0.3 is 16.0 Å². The van der Waals surface area contributed by atoms with Crippen LogP contribution >= 0.6 is 0 Å². The van der Waals surface area contributed by atoms with E-state index in [2.05, 4.69) is 15.3 Å². The second-order valence-corrected chi connectivity index (χ2v) is 2.14. The Morgan fingerprint density at radius 2 is 2.50 bits per heavy atom. The van der Waals surface area contributed by atoms with Crippen LogP contribution in [0.3, 0.4) is 0 Å². The number of anilines is 1. The number of nitrogens with one attached hydrogen (secondary N) is 2. The zero-order valence-corrected chi connectivity index (χ0v) is 5.39. The van der Waals surface area contributed by atoms with Gasteiger partial charge in [-0.1, -0.05) is 0 Å². The van der Waals surface area contributed by atoms with E-state index in [-0.39, 0.29) is 0 Å². The molecule has 0 fully saturated rings. The average molecular weight is 136 g/mol. The Hall–Kier alpha value is -1.45. The Morgan fingerprint density at radius 1 is 1.60 bits per heavy atom. The summed E-state index contributed by atoms with van der Waals surface area (Å²) in [6.45, 7) is 0.569. The van der Waals surface area contributed by atoms with Crippen molar-refractivity contribution in [1.82, 2.24) is 4.98 Å². The molecule has 0 unspecified atom stereocenters. The monoisotopic (exact) mass is 136 g/mol. The van der Waals surface area contributed by atoms with Crippen LogP contribution in [0.25, 0.3) is 0 Å². The fourth-order valence-electron chi connectivity index (χ4n) is 1.02. The Kier molecular flexibility index (Phi) is 0.943. The van der Waals surface area contributed by atoms with E-state index in [1.807, 2.05) is 12.3 Å². The molecule has 10 heavy (non-hydrogen) atoms. The van der Waals surface area contributed by atoms with Crippen LogP contribution in [-0.2, 0) is 0 Å². The number of hydrogen-bond acceptors (Lipinski definition) is 3. The van der Waals surface area contributed by atoms with Gasteiger partial charge in [-0.25, -0.2) is 4.99 Å². The molecule has 0 aromatic carbocycles. The summed E-state index contributed by atoms with van der Waals surface area (Å²) in [5, 5.41) is 3.05. The number of amidine groups is 1. The summed E-state index contributed by atoms with van der Waals surface area (Å²) in [7, 11) is 0. The third-order valence-corrected chi connectivity index (χ3v) is 1.53. The maximum Gasteiger partial charge on any atom is 0.131 e. The largest absolute Gasteiger partial charge is 0.383 e. The minimum atomic E-state index is 0.569. The first-order chi connectivity index (χ1) is 4.88. The topological polar surface area (TPSA) is 66.2 Å². The van der Waals surface area contributed by atoms with Crippen LogP contribution < -0.4 is 11.1 Å². The molecule has 4 heteroatoms. The van der Waals surface area contributed by atoms with E-state index in [0.717, 1.165) is 11.4 Å². The highest BCUT2D eigenvalue weighted by atomic mass is 15.1. The van der Waals surface area contributed by atoms with E-state index in [1.165, 1.54) is 0 Å². The van der Waals surface area contributed by atoms with Crippen LogP contribution in [0.4, 0.5) is 5.82 Å². The maximum absolute atomic E-state index is 5.58. The van der Waals surface area contributed by atoms with Crippen LogP contribution in [0, 0.1) is 0 Å². The number of aromatic amines is 1. The highest BCUT2D eigenvalue weighted by Crippen LogP contribution is 2.14. The normalized spacial score (nSPS) is 15.4. The van der Waals surface area contributed by atoms with Gasteiger partial charge in [-0.2, -0.15) is 0 Å². The quantitative estimate of drug-likeness (QED) is 0.473. The van der Waals surface area contributed by atoms with Crippen LogP contribution in [0.1, 0.15) is 5.56 Å². The Labute approximate surface area is 58.1 Å². The minimum Gasteiger partial charge on any atom is -0.383 e. The zero-order chi connectivity index (χ0) is 6.97. The fourth-order valence-corrected chi connectivity index (χ4v) is 1.02. The van der Waals surface area contributed by atoms with Crippen molar-refractivity contribution < 1.29 is 0 Å². The number of aromatic nitrogens is 1. The second-order valence-electron chi connectivity index (χ2n) is 2.14. The molecule has 4 N–H and O–H groups in total. The maximum atomic E-state index is 5.58. The SMILES string of the molecule is NC1=NCNc2[nH]ccc21. The van der Waals surface area contributed by atoms with Gasteiger partial charge in [0.25, 0.3) is 0 Å². The number of hydrogen-bond donors (Lipinski definition) is 3.